The van der Waals surface area contributed by atoms with Gasteiger partial charge in [0, 0.05) is 25.2 Å². The number of piperidine rings is 1. The van der Waals surface area contributed by atoms with Crippen molar-refractivity contribution in [1.29, 1.82) is 0 Å². The highest BCUT2D eigenvalue weighted by molar-refractivity contribution is 7.89. The summed E-state index contributed by atoms with van der Waals surface area (Å²) in [5, 5.41) is 3.02. The molecule has 1 aromatic rings. The van der Waals surface area contributed by atoms with Crippen molar-refractivity contribution in [1.82, 2.24) is 9.62 Å². The van der Waals surface area contributed by atoms with Crippen molar-refractivity contribution in [2.75, 3.05) is 20.1 Å². The second-order valence-electron chi connectivity index (χ2n) is 5.66. The summed E-state index contributed by atoms with van der Waals surface area (Å²) >= 11 is 0. The molecule has 0 bridgehead atoms. The fourth-order valence-corrected chi connectivity index (χ4v) is 4.93. The average Bonchev–Trinajstić information content (AvgIpc) is 2.65. The summed E-state index contributed by atoms with van der Waals surface area (Å²) in [5.74, 6) is 1.59. The highest BCUT2D eigenvalue weighted by Crippen LogP contribution is 2.31. The van der Waals surface area contributed by atoms with E-state index in [-0.39, 0.29) is 0 Å². The molecule has 0 spiro atoms. The van der Waals surface area contributed by atoms with Gasteiger partial charge in [-0.15, -0.1) is 0 Å². The molecule has 0 aliphatic carbocycles. The number of rotatable bonds is 4. The van der Waals surface area contributed by atoms with E-state index in [2.05, 4.69) is 12.2 Å². The Bertz CT molecular complexity index is 577. The maximum atomic E-state index is 12.9. The molecule has 114 valence electrons. The molecule has 2 rings (SSSR count). The Balaban J connectivity index is 2.43. The molecule has 1 aromatic heterocycles. The second kappa shape index (κ2) is 5.87. The predicted octanol–water partition coefficient (Wildman–Crippen LogP) is 2.04. The number of nitrogens with zero attached hydrogens (tertiary/aromatic N) is 1. The molecule has 1 saturated heterocycles. The summed E-state index contributed by atoms with van der Waals surface area (Å²) in [7, 11) is -1.65. The molecule has 1 aliphatic rings. The zero-order chi connectivity index (χ0) is 14.9. The number of hydrogen-bond donors (Lipinski definition) is 1. The average molecular weight is 300 g/mol. The van der Waals surface area contributed by atoms with Crippen molar-refractivity contribution in [3.05, 3.63) is 17.1 Å². The first kappa shape index (κ1) is 15.5. The van der Waals surface area contributed by atoms with Gasteiger partial charge in [0.2, 0.25) is 10.0 Å². The zero-order valence-electron chi connectivity index (χ0n) is 12.7. The number of hydrogen-bond acceptors (Lipinski definition) is 4. The highest BCUT2D eigenvalue weighted by Gasteiger charge is 2.34. The van der Waals surface area contributed by atoms with Gasteiger partial charge < -0.3 is 9.73 Å². The van der Waals surface area contributed by atoms with Crippen molar-refractivity contribution in [3.8, 4) is 0 Å². The van der Waals surface area contributed by atoms with E-state index in [4.69, 9.17) is 4.42 Å². The SMILES string of the molecule is CNCc1c(C)oc(C)c1S(=O)(=O)N1CCCC(C)C1. The third-order valence-corrected chi connectivity index (χ3v) is 5.96. The lowest BCUT2D eigenvalue weighted by Crippen LogP contribution is -2.39. The molecule has 0 amide bonds. The Morgan fingerprint density at radius 1 is 1.35 bits per heavy atom. The van der Waals surface area contributed by atoms with Crippen LogP contribution in [0.3, 0.4) is 0 Å². The van der Waals surface area contributed by atoms with Gasteiger partial charge in [-0.25, -0.2) is 8.42 Å². The van der Waals surface area contributed by atoms with Crippen molar-refractivity contribution in [2.24, 2.45) is 5.92 Å². The zero-order valence-corrected chi connectivity index (χ0v) is 13.5. The maximum Gasteiger partial charge on any atom is 0.246 e. The Morgan fingerprint density at radius 2 is 2.05 bits per heavy atom. The lowest BCUT2D eigenvalue weighted by Gasteiger charge is -2.30. The molecule has 20 heavy (non-hydrogen) atoms. The third kappa shape index (κ3) is 2.77. The van der Waals surface area contributed by atoms with Crippen LogP contribution in [-0.2, 0) is 16.6 Å². The van der Waals surface area contributed by atoms with Gasteiger partial charge in [0.1, 0.15) is 16.4 Å². The van der Waals surface area contributed by atoms with Crippen LogP contribution in [0.1, 0.15) is 36.8 Å². The second-order valence-corrected chi connectivity index (χ2v) is 7.54. The largest absolute Gasteiger partial charge is 0.465 e. The summed E-state index contributed by atoms with van der Waals surface area (Å²) in [4.78, 5) is 0.360. The van der Waals surface area contributed by atoms with Crippen molar-refractivity contribution >= 4 is 10.0 Å². The van der Waals surface area contributed by atoms with Crippen LogP contribution in [0, 0.1) is 19.8 Å². The van der Waals surface area contributed by atoms with Gasteiger partial charge in [-0.2, -0.15) is 4.31 Å². The van der Waals surface area contributed by atoms with Gasteiger partial charge in [-0.3, -0.25) is 0 Å². The van der Waals surface area contributed by atoms with Crippen LogP contribution in [0.4, 0.5) is 0 Å². The van der Waals surface area contributed by atoms with E-state index >= 15 is 0 Å². The van der Waals surface area contributed by atoms with Crippen LogP contribution >= 0.6 is 0 Å². The fraction of sp³-hybridized carbons (Fsp3) is 0.714. The molecule has 0 radical (unpaired) electrons. The molecular weight excluding hydrogens is 276 g/mol. The van der Waals surface area contributed by atoms with Crippen LogP contribution in [0.5, 0.6) is 0 Å². The van der Waals surface area contributed by atoms with Crippen LogP contribution < -0.4 is 5.32 Å². The van der Waals surface area contributed by atoms with E-state index in [1.807, 2.05) is 6.92 Å². The first-order valence-corrected chi connectivity index (χ1v) is 8.55. The number of sulfonamides is 1. The summed E-state index contributed by atoms with van der Waals surface area (Å²) in [5.41, 5.74) is 0.753. The van der Waals surface area contributed by atoms with Crippen LogP contribution in [-0.4, -0.2) is 32.9 Å². The summed E-state index contributed by atoms with van der Waals surface area (Å²) in [6.07, 6.45) is 2.02. The first-order chi connectivity index (χ1) is 9.37. The van der Waals surface area contributed by atoms with E-state index in [0.717, 1.165) is 18.4 Å². The molecular formula is C14H24N2O3S. The molecule has 0 saturated carbocycles. The quantitative estimate of drug-likeness (QED) is 0.924. The van der Waals surface area contributed by atoms with Crippen molar-refractivity contribution in [2.45, 2.75) is 45.1 Å². The highest BCUT2D eigenvalue weighted by atomic mass is 32.2. The molecule has 1 N–H and O–H groups in total. The monoisotopic (exact) mass is 300 g/mol. The van der Waals surface area contributed by atoms with Crippen LogP contribution in [0.25, 0.3) is 0 Å². The van der Waals surface area contributed by atoms with Crippen molar-refractivity contribution in [3.63, 3.8) is 0 Å². The minimum absolute atomic E-state index is 0.360. The Hall–Kier alpha value is -0.850. The lowest BCUT2D eigenvalue weighted by atomic mass is 10.0. The van der Waals surface area contributed by atoms with E-state index in [0.29, 0.717) is 42.0 Å². The minimum atomic E-state index is -3.46. The number of aryl methyl sites for hydroxylation is 2. The molecule has 5 nitrogen and oxygen atoms in total. The summed E-state index contributed by atoms with van der Waals surface area (Å²) in [6, 6.07) is 0. The molecule has 6 heteroatoms. The van der Waals surface area contributed by atoms with E-state index in [9.17, 15) is 8.42 Å². The molecule has 2 heterocycles. The maximum absolute atomic E-state index is 12.9. The summed E-state index contributed by atoms with van der Waals surface area (Å²) < 4.78 is 33.0. The number of furan rings is 1. The van der Waals surface area contributed by atoms with Gasteiger partial charge in [0.05, 0.1) is 0 Å². The Kier molecular flexibility index (Phi) is 4.56. The smallest absolute Gasteiger partial charge is 0.246 e. The first-order valence-electron chi connectivity index (χ1n) is 7.11. The molecule has 1 unspecified atom stereocenters. The summed E-state index contributed by atoms with van der Waals surface area (Å²) in [6.45, 7) is 7.36. The van der Waals surface area contributed by atoms with E-state index < -0.39 is 10.0 Å². The van der Waals surface area contributed by atoms with Gasteiger partial charge in [-0.1, -0.05) is 6.92 Å². The standard InChI is InChI=1S/C14H24N2O3S/c1-10-6-5-7-16(9-10)20(17,18)14-12(3)19-11(2)13(14)8-15-4/h10,15H,5-9H2,1-4H3. The Morgan fingerprint density at radius 3 is 2.65 bits per heavy atom. The third-order valence-electron chi connectivity index (χ3n) is 3.90. The fourth-order valence-electron chi connectivity index (χ4n) is 2.92. The molecule has 1 aliphatic heterocycles. The Labute approximate surface area is 121 Å². The van der Waals surface area contributed by atoms with Gasteiger partial charge in [0.15, 0.2) is 0 Å². The van der Waals surface area contributed by atoms with Crippen LogP contribution in [0.15, 0.2) is 9.31 Å². The lowest BCUT2D eigenvalue weighted by molar-refractivity contribution is 0.280. The van der Waals surface area contributed by atoms with E-state index in [1.165, 1.54) is 0 Å². The van der Waals surface area contributed by atoms with Crippen LogP contribution in [0.2, 0.25) is 0 Å². The van der Waals surface area contributed by atoms with Gasteiger partial charge in [0.25, 0.3) is 0 Å². The van der Waals surface area contributed by atoms with Gasteiger partial charge >= 0.3 is 0 Å². The molecule has 1 fully saturated rings. The normalized spacial score (nSPS) is 21.3. The van der Waals surface area contributed by atoms with Gasteiger partial charge in [-0.05, 0) is 39.7 Å². The van der Waals surface area contributed by atoms with E-state index in [1.54, 1.807) is 18.3 Å². The molecule has 1 atom stereocenters. The van der Waals surface area contributed by atoms with Crippen molar-refractivity contribution < 1.29 is 12.8 Å². The minimum Gasteiger partial charge on any atom is -0.465 e. The topological polar surface area (TPSA) is 62.6 Å². The molecule has 0 aromatic carbocycles. The number of nitrogens with one attached hydrogen (secondary N) is 1. The predicted molar refractivity (Wildman–Crippen MR) is 78.1 cm³/mol.